The maximum Gasteiger partial charge on any atom is 0.248 e. The largest absolute Gasteiger partial charge is 0.457 e. The third kappa shape index (κ3) is 2.79. The van der Waals surface area contributed by atoms with Crippen LogP contribution in [0, 0.1) is 0 Å². The molecule has 0 heterocycles. The Morgan fingerprint density at radius 3 is 1.94 bits per heavy atom. The van der Waals surface area contributed by atoms with Crippen LogP contribution in [0.4, 0.5) is 5.69 Å². The minimum atomic E-state index is -0.445. The number of ether oxygens (including phenoxy) is 1. The highest BCUT2D eigenvalue weighted by atomic mass is 16.5. The summed E-state index contributed by atoms with van der Waals surface area (Å²) in [7, 11) is 1.86. The first kappa shape index (κ1) is 12.0. The predicted octanol–water partition coefficient (Wildman–Crippen LogP) is 2.62. The van der Waals surface area contributed by atoms with Gasteiger partial charge in [0.25, 0.3) is 0 Å². The molecular formula is C14H14N2O2. The number of primary amides is 1. The molecule has 4 nitrogen and oxygen atoms in total. The number of nitrogens with two attached hydrogens (primary N) is 1. The number of anilines is 1. The van der Waals surface area contributed by atoms with Crippen LogP contribution in [0.2, 0.25) is 0 Å². The van der Waals surface area contributed by atoms with Crippen molar-refractivity contribution >= 4 is 11.6 Å². The number of rotatable bonds is 4. The van der Waals surface area contributed by atoms with Crippen molar-refractivity contribution in [1.82, 2.24) is 0 Å². The van der Waals surface area contributed by atoms with Crippen LogP contribution in [0.15, 0.2) is 48.5 Å². The van der Waals surface area contributed by atoms with Crippen molar-refractivity contribution in [3.63, 3.8) is 0 Å². The van der Waals surface area contributed by atoms with Gasteiger partial charge < -0.3 is 15.8 Å². The summed E-state index contributed by atoms with van der Waals surface area (Å²) in [5, 5.41) is 3.03. The lowest BCUT2D eigenvalue weighted by Gasteiger charge is -2.07. The van der Waals surface area contributed by atoms with Gasteiger partial charge >= 0.3 is 0 Å². The zero-order chi connectivity index (χ0) is 13.0. The van der Waals surface area contributed by atoms with E-state index in [1.165, 1.54) is 0 Å². The third-order valence-electron chi connectivity index (χ3n) is 2.52. The molecule has 2 rings (SSSR count). The third-order valence-corrected chi connectivity index (χ3v) is 2.52. The van der Waals surface area contributed by atoms with Crippen LogP contribution in [0.3, 0.4) is 0 Å². The predicted molar refractivity (Wildman–Crippen MR) is 71.0 cm³/mol. The first-order chi connectivity index (χ1) is 8.69. The van der Waals surface area contributed by atoms with Gasteiger partial charge in [-0.05, 0) is 48.5 Å². The fourth-order valence-electron chi connectivity index (χ4n) is 1.51. The summed E-state index contributed by atoms with van der Waals surface area (Å²) in [6.07, 6.45) is 0. The van der Waals surface area contributed by atoms with Crippen molar-refractivity contribution in [2.45, 2.75) is 0 Å². The van der Waals surface area contributed by atoms with Gasteiger partial charge in [0, 0.05) is 18.3 Å². The van der Waals surface area contributed by atoms with E-state index >= 15 is 0 Å². The van der Waals surface area contributed by atoms with Crippen molar-refractivity contribution in [2.24, 2.45) is 5.73 Å². The quantitative estimate of drug-likeness (QED) is 0.866. The second-order valence-corrected chi connectivity index (χ2v) is 3.77. The Morgan fingerprint density at radius 2 is 1.50 bits per heavy atom. The fourth-order valence-corrected chi connectivity index (χ4v) is 1.51. The molecule has 0 aliphatic rings. The van der Waals surface area contributed by atoms with E-state index in [4.69, 9.17) is 10.5 Å². The Kier molecular flexibility index (Phi) is 3.48. The second kappa shape index (κ2) is 5.23. The van der Waals surface area contributed by atoms with Gasteiger partial charge in [-0.3, -0.25) is 4.79 Å². The summed E-state index contributed by atoms with van der Waals surface area (Å²) in [5.74, 6) is 0.956. The van der Waals surface area contributed by atoms with Crippen molar-refractivity contribution < 1.29 is 9.53 Å². The van der Waals surface area contributed by atoms with Crippen LogP contribution in [0.1, 0.15) is 10.4 Å². The Balaban J connectivity index is 2.10. The second-order valence-electron chi connectivity index (χ2n) is 3.77. The number of nitrogens with one attached hydrogen (secondary N) is 1. The molecule has 0 aromatic heterocycles. The molecule has 2 aromatic rings. The van der Waals surface area contributed by atoms with Gasteiger partial charge in [0.05, 0.1) is 0 Å². The van der Waals surface area contributed by atoms with E-state index in [2.05, 4.69) is 5.32 Å². The summed E-state index contributed by atoms with van der Waals surface area (Å²) < 4.78 is 5.63. The van der Waals surface area contributed by atoms with Crippen LogP contribution in [-0.4, -0.2) is 13.0 Å². The first-order valence-corrected chi connectivity index (χ1v) is 5.54. The Labute approximate surface area is 105 Å². The summed E-state index contributed by atoms with van der Waals surface area (Å²) >= 11 is 0. The van der Waals surface area contributed by atoms with E-state index in [1.54, 1.807) is 24.3 Å². The van der Waals surface area contributed by atoms with Crippen LogP contribution >= 0.6 is 0 Å². The lowest BCUT2D eigenvalue weighted by molar-refractivity contribution is 0.100. The number of carbonyl (C=O) groups excluding carboxylic acids is 1. The van der Waals surface area contributed by atoms with Gasteiger partial charge in [0.1, 0.15) is 11.5 Å². The average Bonchev–Trinajstić information content (AvgIpc) is 2.40. The van der Waals surface area contributed by atoms with Gasteiger partial charge in [-0.1, -0.05) is 0 Å². The van der Waals surface area contributed by atoms with Crippen LogP contribution in [0.25, 0.3) is 0 Å². The monoisotopic (exact) mass is 242 g/mol. The van der Waals surface area contributed by atoms with Gasteiger partial charge in [-0.15, -0.1) is 0 Å². The highest BCUT2D eigenvalue weighted by molar-refractivity contribution is 5.92. The molecule has 0 atom stereocenters. The summed E-state index contributed by atoms with van der Waals surface area (Å²) in [5.41, 5.74) is 6.65. The van der Waals surface area contributed by atoms with E-state index in [1.807, 2.05) is 31.3 Å². The molecular weight excluding hydrogens is 228 g/mol. The molecule has 3 N–H and O–H groups in total. The number of hydrogen-bond acceptors (Lipinski definition) is 3. The normalized spacial score (nSPS) is 9.83. The molecule has 0 saturated heterocycles. The van der Waals surface area contributed by atoms with Gasteiger partial charge in [0.2, 0.25) is 5.91 Å². The minimum absolute atomic E-state index is 0.445. The minimum Gasteiger partial charge on any atom is -0.457 e. The van der Waals surface area contributed by atoms with Crippen molar-refractivity contribution in [3.05, 3.63) is 54.1 Å². The zero-order valence-corrected chi connectivity index (χ0v) is 10.0. The topological polar surface area (TPSA) is 64.3 Å². The van der Waals surface area contributed by atoms with Crippen LogP contribution in [0.5, 0.6) is 11.5 Å². The summed E-state index contributed by atoms with van der Waals surface area (Å²) in [6.45, 7) is 0. The summed E-state index contributed by atoms with van der Waals surface area (Å²) in [4.78, 5) is 10.9. The number of amides is 1. The van der Waals surface area contributed by atoms with Crippen molar-refractivity contribution in [2.75, 3.05) is 12.4 Å². The number of carbonyl (C=O) groups is 1. The van der Waals surface area contributed by atoms with Crippen LogP contribution < -0.4 is 15.8 Å². The molecule has 0 saturated carbocycles. The first-order valence-electron chi connectivity index (χ1n) is 5.54. The van der Waals surface area contributed by atoms with Gasteiger partial charge in [-0.25, -0.2) is 0 Å². The van der Waals surface area contributed by atoms with Crippen LogP contribution in [-0.2, 0) is 0 Å². The van der Waals surface area contributed by atoms with Crippen molar-refractivity contribution in [1.29, 1.82) is 0 Å². The van der Waals surface area contributed by atoms with E-state index in [0.29, 0.717) is 11.3 Å². The molecule has 0 radical (unpaired) electrons. The van der Waals surface area contributed by atoms with Crippen molar-refractivity contribution in [3.8, 4) is 11.5 Å². The molecule has 0 aliphatic heterocycles. The Bertz CT molecular complexity index is 533. The van der Waals surface area contributed by atoms with Gasteiger partial charge in [0.15, 0.2) is 0 Å². The molecule has 0 bridgehead atoms. The van der Waals surface area contributed by atoms with E-state index in [9.17, 15) is 4.79 Å². The molecule has 2 aromatic carbocycles. The SMILES string of the molecule is CNc1ccc(Oc2ccc(C(N)=O)cc2)cc1. The Morgan fingerprint density at radius 1 is 1.00 bits per heavy atom. The lowest BCUT2D eigenvalue weighted by atomic mass is 10.2. The van der Waals surface area contributed by atoms with E-state index in [0.717, 1.165) is 11.4 Å². The molecule has 0 spiro atoms. The number of hydrogen-bond donors (Lipinski definition) is 2. The fraction of sp³-hybridized carbons (Fsp3) is 0.0714. The molecule has 0 aliphatic carbocycles. The Hall–Kier alpha value is -2.49. The molecule has 1 amide bonds. The number of benzene rings is 2. The summed E-state index contributed by atoms with van der Waals surface area (Å²) in [6, 6.07) is 14.3. The standard InChI is InChI=1S/C14H14N2O2/c1-16-11-4-8-13(9-5-11)18-12-6-2-10(3-7-12)14(15)17/h2-9,16H,1H3,(H2,15,17). The van der Waals surface area contributed by atoms with Gasteiger partial charge in [-0.2, -0.15) is 0 Å². The molecule has 92 valence electrons. The van der Waals surface area contributed by atoms with E-state index in [-0.39, 0.29) is 0 Å². The molecule has 0 unspecified atom stereocenters. The zero-order valence-electron chi connectivity index (χ0n) is 10.0. The lowest BCUT2D eigenvalue weighted by Crippen LogP contribution is -2.10. The smallest absolute Gasteiger partial charge is 0.248 e. The highest BCUT2D eigenvalue weighted by Gasteiger charge is 2.01. The highest BCUT2D eigenvalue weighted by Crippen LogP contribution is 2.23. The molecule has 0 fully saturated rings. The molecule has 18 heavy (non-hydrogen) atoms. The van der Waals surface area contributed by atoms with E-state index < -0.39 is 5.91 Å². The maximum absolute atomic E-state index is 10.9. The maximum atomic E-state index is 10.9. The average molecular weight is 242 g/mol. The molecule has 4 heteroatoms.